The van der Waals surface area contributed by atoms with Crippen molar-refractivity contribution >= 4 is 11.9 Å². The van der Waals surface area contributed by atoms with Gasteiger partial charge in [0.15, 0.2) is 0 Å². The quantitative estimate of drug-likeness (QED) is 0.483. The van der Waals surface area contributed by atoms with Gasteiger partial charge in [0.1, 0.15) is 0 Å². The molecule has 0 aliphatic rings. The van der Waals surface area contributed by atoms with Gasteiger partial charge in [-0.1, -0.05) is 13.3 Å². The lowest BCUT2D eigenvalue weighted by molar-refractivity contribution is -0.143. The Kier molecular flexibility index (Phi) is 7.89. The molecule has 0 aliphatic carbocycles. The molecule has 0 saturated heterocycles. The highest BCUT2D eigenvalue weighted by Crippen LogP contribution is 2.04. The maximum Gasteiger partial charge on any atom is 0.305 e. The molecule has 0 aromatic carbocycles. The molecule has 0 amide bonds. The molecular weight excluding hydrogens is 184 g/mol. The number of rotatable bonds is 8. The summed E-state index contributed by atoms with van der Waals surface area (Å²) in [4.78, 5) is 21.1. The van der Waals surface area contributed by atoms with E-state index in [4.69, 9.17) is 9.84 Å². The summed E-state index contributed by atoms with van der Waals surface area (Å²) in [6.07, 6.45) is 3.55. The van der Waals surface area contributed by atoms with Gasteiger partial charge in [0.25, 0.3) is 0 Å². The first-order valence-electron chi connectivity index (χ1n) is 5.04. The van der Waals surface area contributed by atoms with Crippen molar-refractivity contribution in [2.24, 2.45) is 0 Å². The van der Waals surface area contributed by atoms with Crippen LogP contribution in [0.4, 0.5) is 0 Å². The zero-order valence-corrected chi connectivity index (χ0v) is 8.62. The molecule has 0 spiro atoms. The highest BCUT2D eigenvalue weighted by Gasteiger charge is 2.02. The van der Waals surface area contributed by atoms with E-state index in [1.54, 1.807) is 0 Å². The Morgan fingerprint density at radius 3 is 2.36 bits per heavy atom. The monoisotopic (exact) mass is 202 g/mol. The number of hydrogen-bond donors (Lipinski definition) is 1. The second kappa shape index (κ2) is 8.53. The summed E-state index contributed by atoms with van der Waals surface area (Å²) in [5, 5.41) is 8.35. The first-order valence-corrected chi connectivity index (χ1v) is 5.04. The number of carboxylic acid groups (broad SMARTS) is 1. The molecule has 0 rings (SSSR count). The topological polar surface area (TPSA) is 63.6 Å². The van der Waals surface area contributed by atoms with Crippen molar-refractivity contribution in [3.63, 3.8) is 0 Å². The van der Waals surface area contributed by atoms with Gasteiger partial charge in [0.2, 0.25) is 0 Å². The third-order valence-corrected chi connectivity index (χ3v) is 1.74. The minimum absolute atomic E-state index is 0.179. The Balaban J connectivity index is 3.19. The first kappa shape index (κ1) is 12.9. The van der Waals surface area contributed by atoms with Crippen molar-refractivity contribution in [1.82, 2.24) is 0 Å². The Morgan fingerprint density at radius 1 is 1.14 bits per heavy atom. The van der Waals surface area contributed by atoms with Crippen molar-refractivity contribution in [2.45, 2.75) is 45.4 Å². The molecule has 4 nitrogen and oxygen atoms in total. The van der Waals surface area contributed by atoms with Crippen molar-refractivity contribution in [2.75, 3.05) is 6.61 Å². The van der Waals surface area contributed by atoms with Gasteiger partial charge < -0.3 is 9.84 Å². The molecule has 4 heteroatoms. The second-order valence-corrected chi connectivity index (χ2v) is 3.17. The molecule has 0 bridgehead atoms. The number of unbranched alkanes of at least 4 members (excludes halogenated alkanes) is 2. The summed E-state index contributed by atoms with van der Waals surface area (Å²) >= 11 is 0. The van der Waals surface area contributed by atoms with Crippen LogP contribution in [0.15, 0.2) is 0 Å². The predicted octanol–water partition coefficient (Wildman–Crippen LogP) is 1.97. The molecule has 0 unspecified atom stereocenters. The van der Waals surface area contributed by atoms with E-state index in [2.05, 4.69) is 0 Å². The third kappa shape index (κ3) is 9.03. The Labute approximate surface area is 84.3 Å². The smallest absolute Gasteiger partial charge is 0.305 e. The standard InChI is InChI=1S/C10H18O4/c1-2-8-14-10(13)7-5-3-4-6-9(11)12/h2-8H2,1H3,(H,11,12). The molecular formula is C10H18O4. The lowest BCUT2D eigenvalue weighted by atomic mass is 10.1. The molecule has 0 aliphatic heterocycles. The van der Waals surface area contributed by atoms with Gasteiger partial charge in [0.05, 0.1) is 6.61 Å². The highest BCUT2D eigenvalue weighted by molar-refractivity contribution is 5.69. The number of esters is 1. The van der Waals surface area contributed by atoms with E-state index in [1.807, 2.05) is 6.92 Å². The van der Waals surface area contributed by atoms with Crippen LogP contribution in [-0.4, -0.2) is 23.7 Å². The molecule has 0 atom stereocenters. The van der Waals surface area contributed by atoms with Crippen LogP contribution in [0.2, 0.25) is 0 Å². The number of carboxylic acids is 1. The minimum Gasteiger partial charge on any atom is -0.481 e. The Hall–Kier alpha value is -1.06. The number of carbonyl (C=O) groups is 2. The van der Waals surface area contributed by atoms with Gasteiger partial charge in [-0.2, -0.15) is 0 Å². The van der Waals surface area contributed by atoms with E-state index >= 15 is 0 Å². The number of carbonyl (C=O) groups excluding carboxylic acids is 1. The van der Waals surface area contributed by atoms with Crippen LogP contribution in [0.5, 0.6) is 0 Å². The summed E-state index contributed by atoms with van der Waals surface area (Å²) in [7, 11) is 0. The maximum atomic E-state index is 11.0. The third-order valence-electron chi connectivity index (χ3n) is 1.74. The van der Waals surface area contributed by atoms with Crippen LogP contribution in [-0.2, 0) is 14.3 Å². The average Bonchev–Trinajstić information content (AvgIpc) is 2.13. The molecule has 0 heterocycles. The molecule has 82 valence electrons. The van der Waals surface area contributed by atoms with Gasteiger partial charge in [-0.25, -0.2) is 0 Å². The van der Waals surface area contributed by atoms with Gasteiger partial charge in [-0.05, 0) is 19.3 Å². The molecule has 0 saturated carbocycles. The summed E-state index contributed by atoms with van der Waals surface area (Å²) in [6, 6.07) is 0. The lowest BCUT2D eigenvalue weighted by Gasteiger charge is -2.02. The lowest BCUT2D eigenvalue weighted by Crippen LogP contribution is -2.04. The zero-order chi connectivity index (χ0) is 10.8. The number of hydrogen-bond acceptors (Lipinski definition) is 3. The molecule has 1 N–H and O–H groups in total. The predicted molar refractivity (Wildman–Crippen MR) is 52.0 cm³/mol. The minimum atomic E-state index is -0.779. The molecule has 14 heavy (non-hydrogen) atoms. The van der Waals surface area contributed by atoms with E-state index in [0.29, 0.717) is 19.4 Å². The fourth-order valence-corrected chi connectivity index (χ4v) is 1.01. The number of ether oxygens (including phenoxy) is 1. The van der Waals surface area contributed by atoms with Crippen LogP contribution >= 0.6 is 0 Å². The van der Waals surface area contributed by atoms with Gasteiger partial charge in [-0.3, -0.25) is 9.59 Å². The fourth-order valence-electron chi connectivity index (χ4n) is 1.01. The van der Waals surface area contributed by atoms with E-state index in [0.717, 1.165) is 19.3 Å². The number of aliphatic carboxylic acids is 1. The molecule has 0 aromatic heterocycles. The van der Waals surface area contributed by atoms with Crippen LogP contribution < -0.4 is 0 Å². The normalized spacial score (nSPS) is 9.79. The van der Waals surface area contributed by atoms with Gasteiger partial charge in [0, 0.05) is 12.8 Å². The Bertz CT molecular complexity index is 177. The molecule has 0 aromatic rings. The van der Waals surface area contributed by atoms with Gasteiger partial charge in [-0.15, -0.1) is 0 Å². The summed E-state index contributed by atoms with van der Waals surface area (Å²) in [6.45, 7) is 2.42. The maximum absolute atomic E-state index is 11.0. The largest absolute Gasteiger partial charge is 0.481 e. The fraction of sp³-hybridized carbons (Fsp3) is 0.800. The van der Waals surface area contributed by atoms with E-state index < -0.39 is 5.97 Å². The zero-order valence-electron chi connectivity index (χ0n) is 8.62. The molecule has 0 fully saturated rings. The van der Waals surface area contributed by atoms with Crippen LogP contribution in [0, 0.1) is 0 Å². The van der Waals surface area contributed by atoms with Crippen molar-refractivity contribution in [3.8, 4) is 0 Å². The van der Waals surface area contributed by atoms with E-state index in [1.165, 1.54) is 0 Å². The molecule has 0 radical (unpaired) electrons. The summed E-state index contributed by atoms with van der Waals surface area (Å²) in [5.74, 6) is -0.958. The Morgan fingerprint density at radius 2 is 1.79 bits per heavy atom. The van der Waals surface area contributed by atoms with Crippen LogP contribution in [0.25, 0.3) is 0 Å². The first-order chi connectivity index (χ1) is 6.66. The van der Waals surface area contributed by atoms with Crippen molar-refractivity contribution in [1.29, 1.82) is 0 Å². The van der Waals surface area contributed by atoms with Crippen LogP contribution in [0.3, 0.4) is 0 Å². The SMILES string of the molecule is CCCOC(=O)CCCCCC(=O)O. The highest BCUT2D eigenvalue weighted by atomic mass is 16.5. The van der Waals surface area contributed by atoms with Gasteiger partial charge >= 0.3 is 11.9 Å². The van der Waals surface area contributed by atoms with Crippen molar-refractivity contribution in [3.05, 3.63) is 0 Å². The van der Waals surface area contributed by atoms with Crippen molar-refractivity contribution < 1.29 is 19.4 Å². The average molecular weight is 202 g/mol. The second-order valence-electron chi connectivity index (χ2n) is 3.17. The van der Waals surface area contributed by atoms with Crippen LogP contribution in [0.1, 0.15) is 45.4 Å². The van der Waals surface area contributed by atoms with E-state index in [-0.39, 0.29) is 12.4 Å². The van der Waals surface area contributed by atoms with E-state index in [9.17, 15) is 9.59 Å². The summed E-state index contributed by atoms with van der Waals surface area (Å²) < 4.78 is 4.86. The summed E-state index contributed by atoms with van der Waals surface area (Å²) in [5.41, 5.74) is 0.